The molecule has 0 aliphatic heterocycles. The Morgan fingerprint density at radius 1 is 1.33 bits per heavy atom. The first-order valence-electron chi connectivity index (χ1n) is 5.17. The highest BCUT2D eigenvalue weighted by atomic mass is 14.9. The number of H-pyrrole nitrogens is 1. The standard InChI is InChI=1S/C12H15N3/c1-2-9-5-3-4-6-11(9)12-14-8-10(7-13)15-12/h3-6,8H,2,7,13H2,1H3,(H,14,15). The van der Waals surface area contributed by atoms with Gasteiger partial charge in [-0.1, -0.05) is 31.2 Å². The third kappa shape index (κ3) is 1.92. The normalized spacial score (nSPS) is 10.5. The number of nitrogens with two attached hydrogens (primary N) is 1. The molecule has 2 aromatic rings. The van der Waals surface area contributed by atoms with Crippen LogP contribution in [0.25, 0.3) is 11.4 Å². The summed E-state index contributed by atoms with van der Waals surface area (Å²) in [4.78, 5) is 7.55. The van der Waals surface area contributed by atoms with Gasteiger partial charge >= 0.3 is 0 Å². The Hall–Kier alpha value is -1.61. The van der Waals surface area contributed by atoms with Crippen molar-refractivity contribution in [3.8, 4) is 11.4 Å². The van der Waals surface area contributed by atoms with Crippen molar-refractivity contribution in [1.29, 1.82) is 0 Å². The highest BCUT2D eigenvalue weighted by Crippen LogP contribution is 2.20. The van der Waals surface area contributed by atoms with Crippen LogP contribution in [0.15, 0.2) is 30.5 Å². The van der Waals surface area contributed by atoms with Gasteiger partial charge in [-0.05, 0) is 12.0 Å². The zero-order chi connectivity index (χ0) is 10.7. The summed E-state index contributed by atoms with van der Waals surface area (Å²) in [7, 11) is 0. The molecular weight excluding hydrogens is 186 g/mol. The Bertz CT molecular complexity index is 446. The van der Waals surface area contributed by atoms with Crippen LogP contribution in [0.3, 0.4) is 0 Å². The number of hydrogen-bond donors (Lipinski definition) is 2. The van der Waals surface area contributed by atoms with E-state index in [-0.39, 0.29) is 0 Å². The van der Waals surface area contributed by atoms with Crippen molar-refractivity contribution in [3.05, 3.63) is 41.7 Å². The summed E-state index contributed by atoms with van der Waals surface area (Å²) in [5.41, 5.74) is 8.98. The van der Waals surface area contributed by atoms with E-state index < -0.39 is 0 Å². The molecule has 0 spiro atoms. The van der Waals surface area contributed by atoms with Gasteiger partial charge in [0, 0.05) is 24.0 Å². The van der Waals surface area contributed by atoms with Gasteiger partial charge in [0.1, 0.15) is 5.82 Å². The van der Waals surface area contributed by atoms with Gasteiger partial charge in [-0.15, -0.1) is 0 Å². The van der Waals surface area contributed by atoms with E-state index in [1.165, 1.54) is 11.1 Å². The van der Waals surface area contributed by atoms with Crippen LogP contribution in [0, 0.1) is 0 Å². The monoisotopic (exact) mass is 201 g/mol. The predicted octanol–water partition coefficient (Wildman–Crippen LogP) is 2.10. The van der Waals surface area contributed by atoms with Crippen LogP contribution in [-0.2, 0) is 13.0 Å². The molecule has 15 heavy (non-hydrogen) atoms. The molecule has 0 saturated carbocycles. The number of nitrogens with zero attached hydrogens (tertiary/aromatic N) is 1. The van der Waals surface area contributed by atoms with E-state index in [9.17, 15) is 0 Å². The summed E-state index contributed by atoms with van der Waals surface area (Å²) in [5, 5.41) is 0. The second kappa shape index (κ2) is 4.28. The topological polar surface area (TPSA) is 54.7 Å². The van der Waals surface area contributed by atoms with E-state index in [1.54, 1.807) is 6.20 Å². The number of imidazole rings is 1. The fourth-order valence-electron chi connectivity index (χ4n) is 1.66. The van der Waals surface area contributed by atoms with Gasteiger partial charge < -0.3 is 10.7 Å². The van der Waals surface area contributed by atoms with Crippen molar-refractivity contribution in [2.45, 2.75) is 19.9 Å². The van der Waals surface area contributed by atoms with Gasteiger partial charge in [-0.25, -0.2) is 4.98 Å². The molecule has 0 aliphatic rings. The molecule has 0 atom stereocenters. The maximum atomic E-state index is 5.54. The van der Waals surface area contributed by atoms with Crippen LogP contribution in [0.1, 0.15) is 18.2 Å². The Kier molecular flexibility index (Phi) is 2.83. The van der Waals surface area contributed by atoms with Gasteiger partial charge in [0.05, 0.1) is 0 Å². The SMILES string of the molecule is CCc1ccccc1-c1ncc(CN)[nH]1. The quantitative estimate of drug-likeness (QED) is 0.799. The van der Waals surface area contributed by atoms with Crippen molar-refractivity contribution in [3.63, 3.8) is 0 Å². The van der Waals surface area contributed by atoms with Crippen LogP contribution < -0.4 is 5.73 Å². The van der Waals surface area contributed by atoms with E-state index in [2.05, 4.69) is 35.1 Å². The number of aromatic amines is 1. The van der Waals surface area contributed by atoms with E-state index in [1.807, 2.05) is 6.07 Å². The van der Waals surface area contributed by atoms with E-state index in [4.69, 9.17) is 5.73 Å². The van der Waals surface area contributed by atoms with Gasteiger partial charge in [-0.3, -0.25) is 0 Å². The van der Waals surface area contributed by atoms with Crippen LogP contribution in [0.5, 0.6) is 0 Å². The van der Waals surface area contributed by atoms with Gasteiger partial charge in [0.15, 0.2) is 0 Å². The highest BCUT2D eigenvalue weighted by Gasteiger charge is 2.06. The number of benzene rings is 1. The van der Waals surface area contributed by atoms with E-state index in [0.717, 1.165) is 17.9 Å². The van der Waals surface area contributed by atoms with E-state index >= 15 is 0 Å². The minimum Gasteiger partial charge on any atom is -0.341 e. The summed E-state index contributed by atoms with van der Waals surface area (Å²) < 4.78 is 0. The number of nitrogens with one attached hydrogen (secondary N) is 1. The summed E-state index contributed by atoms with van der Waals surface area (Å²) >= 11 is 0. The molecule has 0 fully saturated rings. The average Bonchev–Trinajstić information content (AvgIpc) is 2.77. The molecule has 0 saturated heterocycles. The number of aryl methyl sites for hydroxylation is 1. The smallest absolute Gasteiger partial charge is 0.137 e. The predicted molar refractivity (Wildman–Crippen MR) is 61.3 cm³/mol. The molecule has 0 radical (unpaired) electrons. The number of aromatic nitrogens is 2. The third-order valence-electron chi connectivity index (χ3n) is 2.50. The lowest BCUT2D eigenvalue weighted by molar-refractivity contribution is 1.01. The molecule has 1 heterocycles. The molecule has 1 aromatic carbocycles. The van der Waals surface area contributed by atoms with Crippen molar-refractivity contribution in [1.82, 2.24) is 9.97 Å². The molecule has 0 amide bonds. The van der Waals surface area contributed by atoms with Crippen molar-refractivity contribution in [2.24, 2.45) is 5.73 Å². The third-order valence-corrected chi connectivity index (χ3v) is 2.50. The fourth-order valence-corrected chi connectivity index (χ4v) is 1.66. The summed E-state index contributed by atoms with van der Waals surface area (Å²) in [5.74, 6) is 0.910. The zero-order valence-electron chi connectivity index (χ0n) is 8.83. The minimum atomic E-state index is 0.501. The summed E-state index contributed by atoms with van der Waals surface area (Å²) in [6.45, 7) is 2.65. The lowest BCUT2D eigenvalue weighted by Crippen LogP contribution is -1.96. The first-order valence-corrected chi connectivity index (χ1v) is 5.17. The van der Waals surface area contributed by atoms with Crippen molar-refractivity contribution < 1.29 is 0 Å². The maximum Gasteiger partial charge on any atom is 0.137 e. The van der Waals surface area contributed by atoms with Crippen LogP contribution >= 0.6 is 0 Å². The minimum absolute atomic E-state index is 0.501. The lowest BCUT2D eigenvalue weighted by Gasteiger charge is -2.03. The molecule has 3 nitrogen and oxygen atoms in total. The first-order chi connectivity index (χ1) is 7.35. The van der Waals surface area contributed by atoms with Crippen LogP contribution in [0.2, 0.25) is 0 Å². The Balaban J connectivity index is 2.44. The summed E-state index contributed by atoms with van der Waals surface area (Å²) in [6.07, 6.45) is 2.80. The second-order valence-corrected chi connectivity index (χ2v) is 3.47. The largest absolute Gasteiger partial charge is 0.341 e. The molecule has 0 unspecified atom stereocenters. The molecule has 0 aliphatic carbocycles. The maximum absolute atomic E-state index is 5.54. The van der Waals surface area contributed by atoms with Gasteiger partial charge in [0.2, 0.25) is 0 Å². The van der Waals surface area contributed by atoms with Crippen molar-refractivity contribution in [2.75, 3.05) is 0 Å². The van der Waals surface area contributed by atoms with E-state index in [0.29, 0.717) is 6.54 Å². The Labute approximate surface area is 89.4 Å². The average molecular weight is 201 g/mol. The van der Waals surface area contributed by atoms with Crippen molar-refractivity contribution >= 4 is 0 Å². The van der Waals surface area contributed by atoms with Crippen LogP contribution in [-0.4, -0.2) is 9.97 Å². The molecule has 0 bridgehead atoms. The first kappa shape index (κ1) is 9.93. The summed E-state index contributed by atoms with van der Waals surface area (Å²) in [6, 6.07) is 8.28. The molecular formula is C12H15N3. The molecule has 2 rings (SSSR count). The van der Waals surface area contributed by atoms with Gasteiger partial charge in [-0.2, -0.15) is 0 Å². The Morgan fingerprint density at radius 2 is 2.13 bits per heavy atom. The molecule has 3 heteroatoms. The second-order valence-electron chi connectivity index (χ2n) is 3.47. The number of hydrogen-bond acceptors (Lipinski definition) is 2. The lowest BCUT2D eigenvalue weighted by atomic mass is 10.1. The molecule has 1 aromatic heterocycles. The Morgan fingerprint density at radius 3 is 2.80 bits per heavy atom. The zero-order valence-corrected chi connectivity index (χ0v) is 8.83. The highest BCUT2D eigenvalue weighted by molar-refractivity contribution is 5.60. The van der Waals surface area contributed by atoms with Gasteiger partial charge in [0.25, 0.3) is 0 Å². The van der Waals surface area contributed by atoms with Crippen LogP contribution in [0.4, 0.5) is 0 Å². The fraction of sp³-hybridized carbons (Fsp3) is 0.250. The molecule has 3 N–H and O–H groups in total. The number of rotatable bonds is 3. The molecule has 78 valence electrons.